The number of carboxylic acid groups (broad SMARTS) is 1. The lowest BCUT2D eigenvalue weighted by atomic mass is 9.91. The summed E-state index contributed by atoms with van der Waals surface area (Å²) >= 11 is 0. The topological polar surface area (TPSA) is 37.3 Å². The molecule has 0 heterocycles. The largest absolute Gasteiger partial charge is 0.481 e. The van der Waals surface area contributed by atoms with E-state index >= 15 is 0 Å². The van der Waals surface area contributed by atoms with Gasteiger partial charge in [0, 0.05) is 0 Å². The zero-order valence-corrected chi connectivity index (χ0v) is 8.02. The van der Waals surface area contributed by atoms with Crippen LogP contribution in [0, 0.1) is 5.92 Å². The Morgan fingerprint density at radius 2 is 2.00 bits per heavy atom. The lowest BCUT2D eigenvalue weighted by molar-refractivity contribution is -0.137. The molecule has 1 aromatic carbocycles. The van der Waals surface area contributed by atoms with Crippen LogP contribution in [0.15, 0.2) is 30.3 Å². The van der Waals surface area contributed by atoms with Crippen molar-refractivity contribution in [1.29, 1.82) is 0 Å². The normalized spacial score (nSPS) is 17.7. The first-order valence-corrected chi connectivity index (χ1v) is 5.04. The van der Waals surface area contributed by atoms with Crippen molar-refractivity contribution >= 4 is 5.97 Å². The van der Waals surface area contributed by atoms with E-state index in [1.807, 2.05) is 30.3 Å². The number of carbonyl (C=O) groups is 1. The van der Waals surface area contributed by atoms with Crippen molar-refractivity contribution in [3.8, 4) is 0 Å². The lowest BCUT2D eigenvalue weighted by Gasteiger charge is -2.13. The van der Waals surface area contributed by atoms with Gasteiger partial charge in [0.25, 0.3) is 0 Å². The quantitative estimate of drug-likeness (QED) is 0.792. The van der Waals surface area contributed by atoms with Crippen molar-refractivity contribution in [1.82, 2.24) is 0 Å². The van der Waals surface area contributed by atoms with Crippen LogP contribution in [0.1, 0.15) is 30.7 Å². The van der Waals surface area contributed by atoms with Gasteiger partial charge in [-0.05, 0) is 30.2 Å². The van der Waals surface area contributed by atoms with Gasteiger partial charge in [-0.15, -0.1) is 0 Å². The van der Waals surface area contributed by atoms with Crippen LogP contribution in [0.5, 0.6) is 0 Å². The van der Waals surface area contributed by atoms with Crippen molar-refractivity contribution in [3.05, 3.63) is 35.9 Å². The highest BCUT2D eigenvalue weighted by atomic mass is 16.4. The molecule has 1 aliphatic rings. The molecule has 1 fully saturated rings. The monoisotopic (exact) mass is 190 g/mol. The van der Waals surface area contributed by atoms with Crippen LogP contribution in [-0.2, 0) is 4.79 Å². The summed E-state index contributed by atoms with van der Waals surface area (Å²) in [5, 5.41) is 8.82. The van der Waals surface area contributed by atoms with Crippen LogP contribution in [0.25, 0.3) is 0 Å². The van der Waals surface area contributed by atoms with Crippen LogP contribution in [0.2, 0.25) is 0 Å². The fourth-order valence-electron chi connectivity index (χ4n) is 1.94. The second kappa shape index (κ2) is 3.82. The van der Waals surface area contributed by atoms with Crippen LogP contribution < -0.4 is 0 Å². The average molecular weight is 190 g/mol. The van der Waals surface area contributed by atoms with Crippen molar-refractivity contribution in [3.63, 3.8) is 0 Å². The molecule has 1 N–H and O–H groups in total. The minimum absolute atomic E-state index is 0.230. The molecule has 0 unspecified atom stereocenters. The Morgan fingerprint density at radius 3 is 2.50 bits per heavy atom. The molecule has 1 aliphatic carbocycles. The van der Waals surface area contributed by atoms with Crippen molar-refractivity contribution in [2.24, 2.45) is 5.92 Å². The van der Waals surface area contributed by atoms with Gasteiger partial charge >= 0.3 is 5.97 Å². The predicted molar refractivity (Wildman–Crippen MR) is 54.2 cm³/mol. The summed E-state index contributed by atoms with van der Waals surface area (Å²) in [5.41, 5.74) is 1.18. The Kier molecular flexibility index (Phi) is 2.53. The molecule has 0 saturated heterocycles. The molecule has 1 aromatic rings. The molecule has 0 radical (unpaired) electrons. The molecule has 2 heteroatoms. The van der Waals surface area contributed by atoms with E-state index in [-0.39, 0.29) is 12.3 Å². The van der Waals surface area contributed by atoms with Crippen LogP contribution in [-0.4, -0.2) is 11.1 Å². The highest BCUT2D eigenvalue weighted by Gasteiger charge is 2.33. The molecule has 14 heavy (non-hydrogen) atoms. The standard InChI is InChI=1S/C12H14O2/c13-12(14)8-11(10-6-7-10)9-4-2-1-3-5-9/h1-5,10-11H,6-8H2,(H,13,14)/t11-/m0/s1. The van der Waals surface area contributed by atoms with E-state index in [0.29, 0.717) is 5.92 Å². The average Bonchev–Trinajstić information content (AvgIpc) is 2.99. The Labute approximate surface area is 83.6 Å². The Morgan fingerprint density at radius 1 is 1.36 bits per heavy atom. The smallest absolute Gasteiger partial charge is 0.303 e. The summed E-state index contributed by atoms with van der Waals surface area (Å²) in [5.74, 6) is 0.146. The fraction of sp³-hybridized carbons (Fsp3) is 0.417. The third-order valence-electron chi connectivity index (χ3n) is 2.81. The molecular formula is C12H14O2. The number of hydrogen-bond donors (Lipinski definition) is 1. The van der Waals surface area contributed by atoms with E-state index < -0.39 is 5.97 Å². The Bertz CT molecular complexity index is 314. The summed E-state index contributed by atoms with van der Waals surface area (Å²) in [6.07, 6.45) is 2.65. The number of rotatable bonds is 4. The molecule has 74 valence electrons. The molecule has 0 spiro atoms. The summed E-state index contributed by atoms with van der Waals surface area (Å²) in [4.78, 5) is 10.7. The highest BCUT2D eigenvalue weighted by Crippen LogP contribution is 2.44. The molecular weight excluding hydrogens is 176 g/mol. The number of aliphatic carboxylic acids is 1. The molecule has 2 rings (SSSR count). The maximum absolute atomic E-state index is 10.7. The first kappa shape index (κ1) is 9.25. The van der Waals surface area contributed by atoms with Gasteiger partial charge in [-0.2, -0.15) is 0 Å². The van der Waals surface area contributed by atoms with Gasteiger partial charge in [0.05, 0.1) is 6.42 Å². The van der Waals surface area contributed by atoms with E-state index in [1.165, 1.54) is 18.4 Å². The van der Waals surface area contributed by atoms with Crippen LogP contribution in [0.4, 0.5) is 0 Å². The molecule has 2 nitrogen and oxygen atoms in total. The van der Waals surface area contributed by atoms with Crippen LogP contribution in [0.3, 0.4) is 0 Å². The predicted octanol–water partition coefficient (Wildman–Crippen LogP) is 2.65. The summed E-state index contributed by atoms with van der Waals surface area (Å²) in [7, 11) is 0. The highest BCUT2D eigenvalue weighted by molar-refractivity contribution is 5.68. The number of carboxylic acids is 1. The minimum atomic E-state index is -0.689. The molecule has 1 saturated carbocycles. The second-order valence-electron chi connectivity index (χ2n) is 3.95. The van der Waals surface area contributed by atoms with Crippen molar-refractivity contribution in [2.45, 2.75) is 25.2 Å². The molecule has 0 bridgehead atoms. The molecule has 0 aromatic heterocycles. The van der Waals surface area contributed by atoms with Crippen molar-refractivity contribution in [2.75, 3.05) is 0 Å². The maximum atomic E-state index is 10.7. The zero-order valence-electron chi connectivity index (χ0n) is 8.02. The van der Waals surface area contributed by atoms with Gasteiger partial charge in [-0.1, -0.05) is 30.3 Å². The molecule has 0 amide bonds. The third-order valence-corrected chi connectivity index (χ3v) is 2.81. The van der Waals surface area contributed by atoms with E-state index in [4.69, 9.17) is 5.11 Å². The second-order valence-corrected chi connectivity index (χ2v) is 3.95. The number of hydrogen-bond acceptors (Lipinski definition) is 1. The SMILES string of the molecule is O=C(O)C[C@@H](c1ccccc1)C1CC1. The van der Waals surface area contributed by atoms with Crippen LogP contribution >= 0.6 is 0 Å². The van der Waals surface area contributed by atoms with E-state index in [2.05, 4.69) is 0 Å². The lowest BCUT2D eigenvalue weighted by Crippen LogP contribution is -2.08. The minimum Gasteiger partial charge on any atom is -0.481 e. The summed E-state index contributed by atoms with van der Waals surface area (Å²) in [6, 6.07) is 9.99. The van der Waals surface area contributed by atoms with E-state index in [1.54, 1.807) is 0 Å². The fourth-order valence-corrected chi connectivity index (χ4v) is 1.94. The zero-order chi connectivity index (χ0) is 9.97. The first-order valence-electron chi connectivity index (χ1n) is 5.04. The third kappa shape index (κ3) is 2.13. The molecule has 1 atom stereocenters. The number of benzene rings is 1. The summed E-state index contributed by atoms with van der Waals surface area (Å²) in [6.45, 7) is 0. The van der Waals surface area contributed by atoms with Gasteiger partial charge in [0.1, 0.15) is 0 Å². The Balaban J connectivity index is 2.14. The van der Waals surface area contributed by atoms with Gasteiger partial charge < -0.3 is 5.11 Å². The Hall–Kier alpha value is -1.31. The van der Waals surface area contributed by atoms with Crippen molar-refractivity contribution < 1.29 is 9.90 Å². The maximum Gasteiger partial charge on any atom is 0.303 e. The van der Waals surface area contributed by atoms with Gasteiger partial charge in [-0.3, -0.25) is 4.79 Å². The van der Waals surface area contributed by atoms with Gasteiger partial charge in [0.15, 0.2) is 0 Å². The summed E-state index contributed by atoms with van der Waals surface area (Å²) < 4.78 is 0. The molecule has 0 aliphatic heterocycles. The van der Waals surface area contributed by atoms with E-state index in [9.17, 15) is 4.79 Å². The first-order chi connectivity index (χ1) is 6.77. The van der Waals surface area contributed by atoms with Gasteiger partial charge in [0.2, 0.25) is 0 Å². The van der Waals surface area contributed by atoms with Gasteiger partial charge in [-0.25, -0.2) is 0 Å². The van der Waals surface area contributed by atoms with E-state index in [0.717, 1.165) is 0 Å².